The van der Waals surface area contributed by atoms with E-state index in [0.717, 1.165) is 16.7 Å². The lowest BCUT2D eigenvalue weighted by Gasteiger charge is -2.16. The van der Waals surface area contributed by atoms with Crippen molar-refractivity contribution in [1.29, 1.82) is 0 Å². The number of nitrogens with zero attached hydrogens (tertiary/aromatic N) is 1. The quantitative estimate of drug-likeness (QED) is 0.0462. The number of methoxy groups -OCH3 is 1. The Morgan fingerprint density at radius 3 is 2.18 bits per heavy atom. The van der Waals surface area contributed by atoms with Gasteiger partial charge in [0.15, 0.2) is 0 Å². The highest BCUT2D eigenvalue weighted by atomic mass is 32.2. The minimum absolute atomic E-state index is 0.0425. The first-order chi connectivity index (χ1) is 21.6. The molecule has 1 N–H and O–H groups in total. The molecule has 0 spiro atoms. The maximum atomic E-state index is 13.9. The van der Waals surface area contributed by atoms with Gasteiger partial charge in [0.2, 0.25) is 11.0 Å². The van der Waals surface area contributed by atoms with Crippen LogP contribution in [0.2, 0.25) is 0 Å². The van der Waals surface area contributed by atoms with Gasteiger partial charge < -0.3 is 14.2 Å². The highest BCUT2D eigenvalue weighted by Crippen LogP contribution is 2.33. The van der Waals surface area contributed by atoms with E-state index in [4.69, 9.17) is 14.2 Å². The van der Waals surface area contributed by atoms with Crippen molar-refractivity contribution in [1.82, 2.24) is 0 Å². The summed E-state index contributed by atoms with van der Waals surface area (Å²) in [4.78, 5) is 27.8. The molecule has 0 atom stereocenters. The third-order valence-electron chi connectivity index (χ3n) is 7.73. The number of carbonyl (C=O) groups excluding carboxylic acids is 2. The van der Waals surface area contributed by atoms with Crippen molar-refractivity contribution in [2.75, 3.05) is 12.9 Å². The van der Waals surface area contributed by atoms with Crippen LogP contribution < -0.4 is 14.0 Å². The van der Waals surface area contributed by atoms with E-state index in [-0.39, 0.29) is 30.7 Å². The van der Waals surface area contributed by atoms with Crippen LogP contribution in [0.5, 0.6) is 11.5 Å². The van der Waals surface area contributed by atoms with Crippen LogP contribution in [0.1, 0.15) is 50.2 Å². The standard InChI is InChI=1S/C35H33NO8S/c1-23-12-11-13-24(2)30(23)22-43-34(37)29-21-26(42-3)20-28-32(35(38)44-25-14-5-4-6-15-25)27-16-7-8-17-31(27)36(33(28)29)18-9-10-19-45(39,40)41/h4-8,11-17,20-21H,9-10,18-19,22H2,1-3H3/p+1. The molecule has 232 valence electrons. The van der Waals surface area contributed by atoms with E-state index in [1.165, 1.54) is 7.11 Å². The van der Waals surface area contributed by atoms with E-state index < -0.39 is 27.8 Å². The van der Waals surface area contributed by atoms with E-state index >= 15 is 0 Å². The first kappa shape index (κ1) is 31.6. The molecular formula is C35H34NO8S+. The van der Waals surface area contributed by atoms with Crippen molar-refractivity contribution >= 4 is 43.9 Å². The third-order valence-corrected chi connectivity index (χ3v) is 8.53. The minimum Gasteiger partial charge on any atom is -0.497 e. The number of pyridine rings is 1. The predicted molar refractivity (Wildman–Crippen MR) is 170 cm³/mol. The Bertz CT molecular complexity index is 1990. The summed E-state index contributed by atoms with van der Waals surface area (Å²) in [6.45, 7) is 4.23. The topological polar surface area (TPSA) is 120 Å². The average Bonchev–Trinajstić information content (AvgIpc) is 3.01. The van der Waals surface area contributed by atoms with Crippen LogP contribution >= 0.6 is 0 Å². The van der Waals surface area contributed by atoms with Crippen LogP contribution in [0.4, 0.5) is 0 Å². The van der Waals surface area contributed by atoms with Crippen LogP contribution in [0.3, 0.4) is 0 Å². The van der Waals surface area contributed by atoms with Crippen molar-refractivity contribution in [3.8, 4) is 11.5 Å². The minimum atomic E-state index is -4.14. The molecule has 0 amide bonds. The number of hydrogen-bond donors (Lipinski definition) is 1. The Morgan fingerprint density at radius 1 is 0.800 bits per heavy atom. The lowest BCUT2D eigenvalue weighted by atomic mass is 9.98. The van der Waals surface area contributed by atoms with Gasteiger partial charge in [-0.15, -0.1) is 0 Å². The molecule has 0 aliphatic carbocycles. The number of esters is 2. The van der Waals surface area contributed by atoms with Gasteiger partial charge in [0.05, 0.1) is 29.2 Å². The molecule has 0 aliphatic heterocycles. The molecule has 0 saturated heterocycles. The molecule has 4 aromatic carbocycles. The number of ether oxygens (including phenoxy) is 3. The zero-order valence-electron chi connectivity index (χ0n) is 25.3. The molecule has 0 unspecified atom stereocenters. The highest BCUT2D eigenvalue weighted by Gasteiger charge is 2.31. The maximum absolute atomic E-state index is 13.9. The summed E-state index contributed by atoms with van der Waals surface area (Å²) in [6.07, 6.45) is 0.544. The van der Waals surface area contributed by atoms with Gasteiger partial charge in [-0.25, -0.2) is 9.59 Å². The first-order valence-corrected chi connectivity index (χ1v) is 16.1. The number of benzene rings is 4. The van der Waals surface area contributed by atoms with E-state index in [0.29, 0.717) is 39.7 Å². The molecular weight excluding hydrogens is 594 g/mol. The molecule has 10 heteroatoms. The van der Waals surface area contributed by atoms with Crippen LogP contribution in [0.25, 0.3) is 21.8 Å². The van der Waals surface area contributed by atoms with E-state index in [1.807, 2.05) is 54.8 Å². The summed E-state index contributed by atoms with van der Waals surface area (Å²) >= 11 is 0. The monoisotopic (exact) mass is 628 g/mol. The molecule has 0 radical (unpaired) electrons. The third kappa shape index (κ3) is 7.13. The SMILES string of the molecule is COc1cc(C(=O)OCc2c(C)cccc2C)c2c(c1)c(C(=O)Oc1ccccc1)c1ccccc1[n+]2CCCCS(=O)(=O)O. The second kappa shape index (κ2) is 13.5. The first-order valence-electron chi connectivity index (χ1n) is 14.5. The van der Waals surface area contributed by atoms with Crippen LogP contribution in [-0.2, 0) is 28.0 Å². The van der Waals surface area contributed by atoms with Gasteiger partial charge in [-0.1, -0.05) is 48.5 Å². The van der Waals surface area contributed by atoms with Crippen molar-refractivity contribution < 1.29 is 41.3 Å². The maximum Gasteiger partial charge on any atom is 0.345 e. The molecule has 9 nitrogen and oxygen atoms in total. The van der Waals surface area contributed by atoms with Gasteiger partial charge in [-0.2, -0.15) is 13.0 Å². The Morgan fingerprint density at radius 2 is 1.49 bits per heavy atom. The predicted octanol–water partition coefficient (Wildman–Crippen LogP) is 6.15. The number of unbranched alkanes of at least 4 members (excludes halogenated alkanes) is 1. The van der Waals surface area contributed by atoms with Crippen LogP contribution in [0, 0.1) is 13.8 Å². The zero-order chi connectivity index (χ0) is 32.1. The summed E-state index contributed by atoms with van der Waals surface area (Å²) in [5.74, 6) is -0.945. The average molecular weight is 629 g/mol. The van der Waals surface area contributed by atoms with Gasteiger partial charge in [-0.05, 0) is 61.2 Å². The number of aryl methyl sites for hydroxylation is 3. The summed E-state index contributed by atoms with van der Waals surface area (Å²) < 4.78 is 51.3. The molecule has 0 bridgehead atoms. The normalized spacial score (nSPS) is 11.5. The van der Waals surface area contributed by atoms with E-state index in [9.17, 15) is 22.6 Å². The number of hydrogen-bond acceptors (Lipinski definition) is 7. The summed E-state index contributed by atoms with van der Waals surface area (Å²) in [7, 11) is -2.67. The molecule has 0 saturated carbocycles. The van der Waals surface area contributed by atoms with Gasteiger partial charge in [0, 0.05) is 18.6 Å². The fourth-order valence-electron chi connectivity index (χ4n) is 5.49. The zero-order valence-corrected chi connectivity index (χ0v) is 26.1. The summed E-state index contributed by atoms with van der Waals surface area (Å²) in [6, 6.07) is 25.0. The molecule has 45 heavy (non-hydrogen) atoms. The molecule has 5 aromatic rings. The van der Waals surface area contributed by atoms with Gasteiger partial charge in [0.25, 0.3) is 10.1 Å². The summed E-state index contributed by atoms with van der Waals surface area (Å²) in [5.41, 5.74) is 4.33. The second-order valence-corrected chi connectivity index (χ2v) is 12.3. The number of aromatic nitrogens is 1. The largest absolute Gasteiger partial charge is 0.497 e. The van der Waals surface area contributed by atoms with Crippen LogP contribution in [-0.4, -0.2) is 37.8 Å². The van der Waals surface area contributed by atoms with Crippen molar-refractivity contribution in [2.24, 2.45) is 0 Å². The Labute approximate surface area is 261 Å². The fraction of sp³-hybridized carbons (Fsp3) is 0.229. The lowest BCUT2D eigenvalue weighted by molar-refractivity contribution is -0.645. The molecule has 1 heterocycles. The Hall–Kier alpha value is -4.80. The number of carbonyl (C=O) groups is 2. The Balaban J connectivity index is 1.71. The fourth-order valence-corrected chi connectivity index (χ4v) is 6.06. The Kier molecular flexibility index (Phi) is 9.45. The molecule has 1 aromatic heterocycles. The van der Waals surface area contributed by atoms with Gasteiger partial charge >= 0.3 is 11.9 Å². The smallest absolute Gasteiger partial charge is 0.345 e. The van der Waals surface area contributed by atoms with Gasteiger partial charge in [-0.3, -0.25) is 4.55 Å². The molecule has 5 rings (SSSR count). The molecule has 0 fully saturated rings. The number of rotatable bonds is 11. The van der Waals surface area contributed by atoms with Crippen LogP contribution in [0.15, 0.2) is 84.9 Å². The highest BCUT2D eigenvalue weighted by molar-refractivity contribution is 7.85. The second-order valence-electron chi connectivity index (χ2n) is 10.8. The number of para-hydroxylation sites is 2. The van der Waals surface area contributed by atoms with Crippen molar-refractivity contribution in [3.05, 3.63) is 113 Å². The van der Waals surface area contributed by atoms with Gasteiger partial charge in [0.1, 0.15) is 30.2 Å². The number of fused-ring (bicyclic) bond motifs is 2. The van der Waals surface area contributed by atoms with E-state index in [1.54, 1.807) is 48.5 Å². The lowest BCUT2D eigenvalue weighted by Crippen LogP contribution is -2.38. The molecule has 0 aliphatic rings. The van der Waals surface area contributed by atoms with Crippen molar-refractivity contribution in [2.45, 2.75) is 39.8 Å². The summed E-state index contributed by atoms with van der Waals surface area (Å²) in [5, 5.41) is 0.978. The van der Waals surface area contributed by atoms with Crippen molar-refractivity contribution in [3.63, 3.8) is 0 Å². The van der Waals surface area contributed by atoms with E-state index in [2.05, 4.69) is 0 Å².